The van der Waals surface area contributed by atoms with E-state index < -0.39 is 0 Å². The van der Waals surface area contributed by atoms with Gasteiger partial charge in [-0.05, 0) is 25.1 Å². The van der Waals surface area contributed by atoms with Gasteiger partial charge in [-0.15, -0.1) is 10.2 Å². The summed E-state index contributed by atoms with van der Waals surface area (Å²) in [7, 11) is 0. The van der Waals surface area contributed by atoms with Crippen LogP contribution in [0, 0.1) is 0 Å². The Kier molecular flexibility index (Phi) is 5.28. The van der Waals surface area contributed by atoms with E-state index in [-0.39, 0.29) is 5.91 Å². The molecule has 1 aliphatic rings. The third-order valence-corrected chi connectivity index (χ3v) is 3.73. The van der Waals surface area contributed by atoms with E-state index >= 15 is 0 Å². The lowest BCUT2D eigenvalue weighted by molar-refractivity contribution is 0.0374. The Morgan fingerprint density at radius 2 is 2.00 bits per heavy atom. The number of carbonyl (C=O) groups excluding carboxylic acids is 1. The van der Waals surface area contributed by atoms with E-state index in [1.165, 1.54) is 0 Å². The topological polar surface area (TPSA) is 85.2 Å². The number of ether oxygens (including phenoxy) is 1. The molecule has 0 saturated carbocycles. The molecule has 122 valence electrons. The van der Waals surface area contributed by atoms with Crippen LogP contribution in [0.25, 0.3) is 5.82 Å². The molecule has 0 aromatic carbocycles. The Bertz CT molecular complexity index is 607. The fourth-order valence-corrected chi connectivity index (χ4v) is 2.42. The molecule has 1 N–H and O–H groups in total. The molecule has 3 rings (SSSR count). The van der Waals surface area contributed by atoms with Crippen LogP contribution in [0.2, 0.25) is 0 Å². The van der Waals surface area contributed by atoms with Gasteiger partial charge in [-0.3, -0.25) is 14.3 Å². The zero-order valence-electron chi connectivity index (χ0n) is 12.9. The van der Waals surface area contributed by atoms with Gasteiger partial charge < -0.3 is 10.1 Å². The lowest BCUT2D eigenvalue weighted by atomic mass is 10.2. The van der Waals surface area contributed by atoms with Gasteiger partial charge in [0.15, 0.2) is 0 Å². The Hall–Kier alpha value is -2.32. The highest BCUT2D eigenvalue weighted by atomic mass is 16.5. The number of amides is 1. The highest BCUT2D eigenvalue weighted by molar-refractivity contribution is 5.93. The molecule has 1 fully saturated rings. The third-order valence-electron chi connectivity index (χ3n) is 3.73. The van der Waals surface area contributed by atoms with Gasteiger partial charge in [-0.25, -0.2) is 4.98 Å². The first-order valence-corrected chi connectivity index (χ1v) is 7.72. The maximum atomic E-state index is 12.1. The van der Waals surface area contributed by atoms with Crippen LogP contribution in [-0.2, 0) is 4.74 Å². The summed E-state index contributed by atoms with van der Waals surface area (Å²) in [5.74, 6) is 0.577. The summed E-state index contributed by atoms with van der Waals surface area (Å²) >= 11 is 0. The first kappa shape index (κ1) is 15.6. The maximum Gasteiger partial charge on any atom is 0.252 e. The average Bonchev–Trinajstić information content (AvgIpc) is 3.14. The van der Waals surface area contributed by atoms with Crippen molar-refractivity contribution in [1.29, 1.82) is 0 Å². The number of hydrogen-bond donors (Lipinski definition) is 1. The second-order valence-electron chi connectivity index (χ2n) is 5.34. The zero-order chi connectivity index (χ0) is 15.9. The van der Waals surface area contributed by atoms with Crippen LogP contribution in [0.3, 0.4) is 0 Å². The number of nitrogens with one attached hydrogen (secondary N) is 1. The standard InChI is InChI=1S/C15H20N6O2/c22-15(16-4-1-5-20-6-8-23-9-7-20)13-2-3-14(17-10-13)21-11-18-19-12-21/h2-3,10-12H,1,4-9H2,(H,16,22). The lowest BCUT2D eigenvalue weighted by Gasteiger charge is -2.26. The molecule has 1 saturated heterocycles. The normalized spacial score (nSPS) is 15.5. The van der Waals surface area contributed by atoms with Crippen molar-refractivity contribution in [2.75, 3.05) is 39.4 Å². The quantitative estimate of drug-likeness (QED) is 0.762. The van der Waals surface area contributed by atoms with E-state index in [1.807, 2.05) is 0 Å². The van der Waals surface area contributed by atoms with Gasteiger partial charge >= 0.3 is 0 Å². The molecule has 0 spiro atoms. The maximum absolute atomic E-state index is 12.1. The Morgan fingerprint density at radius 1 is 1.22 bits per heavy atom. The number of morpholine rings is 1. The van der Waals surface area contributed by atoms with Crippen molar-refractivity contribution >= 4 is 5.91 Å². The number of nitrogens with zero attached hydrogens (tertiary/aromatic N) is 5. The van der Waals surface area contributed by atoms with Gasteiger partial charge in [0.2, 0.25) is 0 Å². The first-order chi connectivity index (χ1) is 11.3. The fraction of sp³-hybridized carbons (Fsp3) is 0.467. The van der Waals surface area contributed by atoms with Crippen molar-refractivity contribution in [2.24, 2.45) is 0 Å². The molecule has 0 aliphatic carbocycles. The van der Waals surface area contributed by atoms with Crippen molar-refractivity contribution in [3.8, 4) is 5.82 Å². The minimum atomic E-state index is -0.102. The first-order valence-electron chi connectivity index (χ1n) is 7.72. The van der Waals surface area contributed by atoms with Crippen LogP contribution in [-0.4, -0.2) is 69.9 Å². The molecular weight excluding hydrogens is 296 g/mol. The van der Waals surface area contributed by atoms with E-state index in [0.29, 0.717) is 17.9 Å². The number of rotatable bonds is 6. The molecular formula is C15H20N6O2. The van der Waals surface area contributed by atoms with Crippen LogP contribution in [0.4, 0.5) is 0 Å². The van der Waals surface area contributed by atoms with Crippen LogP contribution in [0.1, 0.15) is 16.8 Å². The minimum absolute atomic E-state index is 0.102. The predicted octanol–water partition coefficient (Wildman–Crippen LogP) is 0.114. The molecule has 2 aromatic rings. The van der Waals surface area contributed by atoms with Crippen molar-refractivity contribution < 1.29 is 9.53 Å². The second kappa shape index (κ2) is 7.80. The lowest BCUT2D eigenvalue weighted by Crippen LogP contribution is -2.38. The minimum Gasteiger partial charge on any atom is -0.379 e. The molecule has 8 nitrogen and oxygen atoms in total. The van der Waals surface area contributed by atoms with Crippen molar-refractivity contribution in [3.05, 3.63) is 36.5 Å². The van der Waals surface area contributed by atoms with E-state index in [2.05, 4.69) is 25.4 Å². The smallest absolute Gasteiger partial charge is 0.252 e. The molecule has 2 aromatic heterocycles. The fourth-order valence-electron chi connectivity index (χ4n) is 2.42. The monoisotopic (exact) mass is 316 g/mol. The molecule has 0 unspecified atom stereocenters. The van der Waals surface area contributed by atoms with Gasteiger partial charge in [-0.2, -0.15) is 0 Å². The summed E-state index contributed by atoms with van der Waals surface area (Å²) in [6.07, 6.45) is 5.62. The van der Waals surface area contributed by atoms with Gasteiger partial charge in [0.1, 0.15) is 18.5 Å². The molecule has 3 heterocycles. The number of hydrogen-bond acceptors (Lipinski definition) is 6. The molecule has 0 radical (unpaired) electrons. The summed E-state index contributed by atoms with van der Waals surface area (Å²) in [6, 6.07) is 3.52. The summed E-state index contributed by atoms with van der Waals surface area (Å²) < 4.78 is 7.00. The number of carbonyl (C=O) groups is 1. The van der Waals surface area contributed by atoms with Crippen molar-refractivity contribution in [2.45, 2.75) is 6.42 Å². The molecule has 0 atom stereocenters. The van der Waals surface area contributed by atoms with Gasteiger partial charge in [0.25, 0.3) is 5.91 Å². The van der Waals surface area contributed by atoms with Gasteiger partial charge in [0.05, 0.1) is 18.8 Å². The second-order valence-corrected chi connectivity index (χ2v) is 5.34. The largest absolute Gasteiger partial charge is 0.379 e. The Morgan fingerprint density at radius 3 is 2.70 bits per heavy atom. The highest BCUT2D eigenvalue weighted by Crippen LogP contribution is 2.05. The van der Waals surface area contributed by atoms with Gasteiger partial charge in [0, 0.05) is 25.8 Å². The van der Waals surface area contributed by atoms with Crippen LogP contribution in [0.15, 0.2) is 31.0 Å². The van der Waals surface area contributed by atoms with E-state index in [0.717, 1.165) is 39.3 Å². The SMILES string of the molecule is O=C(NCCCN1CCOCC1)c1ccc(-n2cnnc2)nc1. The van der Waals surface area contributed by atoms with Crippen LogP contribution >= 0.6 is 0 Å². The predicted molar refractivity (Wildman–Crippen MR) is 83.4 cm³/mol. The van der Waals surface area contributed by atoms with Crippen molar-refractivity contribution in [3.63, 3.8) is 0 Å². The summed E-state index contributed by atoms with van der Waals surface area (Å²) in [5, 5.41) is 10.4. The van der Waals surface area contributed by atoms with E-state index in [4.69, 9.17) is 4.74 Å². The molecule has 1 aliphatic heterocycles. The molecule has 1 amide bonds. The molecule has 8 heteroatoms. The van der Waals surface area contributed by atoms with Crippen LogP contribution in [0.5, 0.6) is 0 Å². The highest BCUT2D eigenvalue weighted by Gasteiger charge is 2.10. The number of aromatic nitrogens is 4. The number of pyridine rings is 1. The summed E-state index contributed by atoms with van der Waals surface area (Å²) in [6.45, 7) is 5.19. The van der Waals surface area contributed by atoms with E-state index in [1.54, 1.807) is 35.6 Å². The van der Waals surface area contributed by atoms with Gasteiger partial charge in [-0.1, -0.05) is 0 Å². The Balaban J connectivity index is 1.43. The Labute approximate surface area is 134 Å². The van der Waals surface area contributed by atoms with Crippen molar-refractivity contribution in [1.82, 2.24) is 30.0 Å². The van der Waals surface area contributed by atoms with E-state index in [9.17, 15) is 4.79 Å². The average molecular weight is 316 g/mol. The molecule has 23 heavy (non-hydrogen) atoms. The summed E-state index contributed by atoms with van der Waals surface area (Å²) in [5.41, 5.74) is 0.549. The summed E-state index contributed by atoms with van der Waals surface area (Å²) in [4.78, 5) is 18.7. The molecule has 0 bridgehead atoms. The van der Waals surface area contributed by atoms with Crippen LogP contribution < -0.4 is 5.32 Å². The zero-order valence-corrected chi connectivity index (χ0v) is 12.9. The third kappa shape index (κ3) is 4.33.